The predicted molar refractivity (Wildman–Crippen MR) is 92.5 cm³/mol. The topological polar surface area (TPSA) is 80.9 Å². The van der Waals surface area contributed by atoms with E-state index in [0.717, 1.165) is 23.5 Å². The summed E-state index contributed by atoms with van der Waals surface area (Å²) in [5.41, 5.74) is 7.88. The molecular formula is C17H16N4OS. The molecule has 0 radical (unpaired) electrons. The maximum atomic E-state index is 11.2. The van der Waals surface area contributed by atoms with Crippen LogP contribution in [0.5, 0.6) is 0 Å². The van der Waals surface area contributed by atoms with Gasteiger partial charge in [-0.3, -0.25) is 4.79 Å². The summed E-state index contributed by atoms with van der Waals surface area (Å²) in [6, 6.07) is 17.3. The Morgan fingerprint density at radius 1 is 1.13 bits per heavy atom. The van der Waals surface area contributed by atoms with E-state index in [1.807, 2.05) is 24.3 Å². The molecule has 1 heterocycles. The Hall–Kier alpha value is -2.73. The van der Waals surface area contributed by atoms with Gasteiger partial charge in [0.25, 0.3) is 0 Å². The zero-order valence-corrected chi connectivity index (χ0v) is 13.2. The molecular weight excluding hydrogens is 308 g/mol. The van der Waals surface area contributed by atoms with Gasteiger partial charge in [0, 0.05) is 17.7 Å². The second kappa shape index (κ2) is 7.02. The van der Waals surface area contributed by atoms with Gasteiger partial charge >= 0.3 is 0 Å². The van der Waals surface area contributed by atoms with Gasteiger partial charge < -0.3 is 11.1 Å². The summed E-state index contributed by atoms with van der Waals surface area (Å²) in [6.07, 6.45) is 0.909. The van der Waals surface area contributed by atoms with E-state index in [1.54, 1.807) is 18.2 Å². The lowest BCUT2D eigenvalue weighted by molar-refractivity contribution is 0.100. The largest absolute Gasteiger partial charge is 0.366 e. The fourth-order valence-electron chi connectivity index (χ4n) is 2.18. The molecule has 1 aromatic heterocycles. The highest BCUT2D eigenvalue weighted by Gasteiger charge is 2.08. The Morgan fingerprint density at radius 3 is 2.74 bits per heavy atom. The molecule has 0 aliphatic rings. The normalized spacial score (nSPS) is 10.4. The van der Waals surface area contributed by atoms with E-state index in [0.29, 0.717) is 11.5 Å². The fourth-order valence-corrected chi connectivity index (χ4v) is 2.82. The van der Waals surface area contributed by atoms with Gasteiger partial charge in [-0.15, -0.1) is 0 Å². The first-order chi connectivity index (χ1) is 11.2. The molecule has 1 amide bonds. The van der Waals surface area contributed by atoms with Gasteiger partial charge in [-0.25, -0.2) is 0 Å². The van der Waals surface area contributed by atoms with Crippen molar-refractivity contribution in [3.63, 3.8) is 0 Å². The van der Waals surface area contributed by atoms with E-state index >= 15 is 0 Å². The van der Waals surface area contributed by atoms with E-state index in [2.05, 4.69) is 26.8 Å². The van der Waals surface area contributed by atoms with Gasteiger partial charge in [-0.05, 0) is 35.6 Å². The van der Waals surface area contributed by atoms with Crippen LogP contribution in [0.15, 0.2) is 54.6 Å². The first-order valence-electron chi connectivity index (χ1n) is 7.24. The first kappa shape index (κ1) is 15.2. The van der Waals surface area contributed by atoms with E-state index in [1.165, 1.54) is 17.1 Å². The SMILES string of the molecule is NC(=O)c1cccc(-c2nc(NCCc3ccccc3)ns2)c1. The number of aromatic nitrogens is 2. The Bertz CT molecular complexity index is 801. The summed E-state index contributed by atoms with van der Waals surface area (Å²) in [6.45, 7) is 0.765. The minimum Gasteiger partial charge on any atom is -0.366 e. The molecule has 0 aliphatic carbocycles. The van der Waals surface area contributed by atoms with Crippen molar-refractivity contribution < 1.29 is 4.79 Å². The summed E-state index contributed by atoms with van der Waals surface area (Å²) >= 11 is 1.29. The third-order valence-corrected chi connectivity index (χ3v) is 4.12. The second-order valence-electron chi connectivity index (χ2n) is 5.03. The Balaban J connectivity index is 1.64. The van der Waals surface area contributed by atoms with Gasteiger partial charge in [-0.1, -0.05) is 42.5 Å². The molecule has 0 bridgehead atoms. The number of carbonyl (C=O) groups excluding carboxylic acids is 1. The minimum absolute atomic E-state index is 0.447. The van der Waals surface area contributed by atoms with Crippen LogP contribution in [0.3, 0.4) is 0 Å². The van der Waals surface area contributed by atoms with Crippen molar-refractivity contribution in [3.8, 4) is 10.6 Å². The number of nitrogens with two attached hydrogens (primary N) is 1. The number of anilines is 1. The van der Waals surface area contributed by atoms with Crippen LogP contribution >= 0.6 is 11.5 Å². The number of nitrogens with one attached hydrogen (secondary N) is 1. The molecule has 23 heavy (non-hydrogen) atoms. The average Bonchev–Trinajstić information content (AvgIpc) is 3.05. The molecule has 0 spiro atoms. The standard InChI is InChI=1S/C17H16N4OS/c18-15(22)13-7-4-8-14(11-13)16-20-17(21-23-16)19-10-9-12-5-2-1-3-6-12/h1-8,11H,9-10H2,(H2,18,22)(H,19,21). The lowest BCUT2D eigenvalue weighted by Gasteiger charge is -2.02. The van der Waals surface area contributed by atoms with Gasteiger partial charge in [0.05, 0.1) is 0 Å². The Morgan fingerprint density at radius 2 is 1.96 bits per heavy atom. The third kappa shape index (κ3) is 3.92. The van der Waals surface area contributed by atoms with Crippen LogP contribution in [0.4, 0.5) is 5.95 Å². The van der Waals surface area contributed by atoms with Gasteiger partial charge in [-0.2, -0.15) is 9.36 Å². The van der Waals surface area contributed by atoms with Crippen molar-refractivity contribution in [1.29, 1.82) is 0 Å². The van der Waals surface area contributed by atoms with Crippen LogP contribution in [-0.2, 0) is 6.42 Å². The highest BCUT2D eigenvalue weighted by molar-refractivity contribution is 7.09. The van der Waals surface area contributed by atoms with Crippen LogP contribution in [-0.4, -0.2) is 21.8 Å². The molecule has 0 saturated heterocycles. The van der Waals surface area contributed by atoms with Crippen LogP contribution in [0.25, 0.3) is 10.6 Å². The lowest BCUT2D eigenvalue weighted by Crippen LogP contribution is -2.10. The molecule has 3 N–H and O–H groups in total. The molecule has 0 fully saturated rings. The number of hydrogen-bond acceptors (Lipinski definition) is 5. The zero-order valence-electron chi connectivity index (χ0n) is 12.4. The summed E-state index contributed by atoms with van der Waals surface area (Å²) in [5.74, 6) is 0.156. The maximum Gasteiger partial charge on any atom is 0.248 e. The summed E-state index contributed by atoms with van der Waals surface area (Å²) in [7, 11) is 0. The molecule has 0 aliphatic heterocycles. The summed E-state index contributed by atoms with van der Waals surface area (Å²) < 4.78 is 4.30. The molecule has 2 aromatic carbocycles. The molecule has 3 aromatic rings. The Labute approximate surface area is 138 Å². The second-order valence-corrected chi connectivity index (χ2v) is 5.78. The quantitative estimate of drug-likeness (QED) is 0.730. The van der Waals surface area contributed by atoms with Crippen molar-refractivity contribution in [2.75, 3.05) is 11.9 Å². The number of benzene rings is 2. The monoisotopic (exact) mass is 324 g/mol. The third-order valence-electron chi connectivity index (χ3n) is 3.36. The number of rotatable bonds is 6. The molecule has 0 atom stereocenters. The number of carbonyl (C=O) groups is 1. The highest BCUT2D eigenvalue weighted by Crippen LogP contribution is 2.23. The van der Waals surface area contributed by atoms with Gasteiger partial charge in [0.2, 0.25) is 11.9 Å². The van der Waals surface area contributed by atoms with E-state index in [-0.39, 0.29) is 0 Å². The summed E-state index contributed by atoms with van der Waals surface area (Å²) in [5, 5.41) is 3.98. The molecule has 5 nitrogen and oxygen atoms in total. The fraction of sp³-hybridized carbons (Fsp3) is 0.118. The molecule has 6 heteroatoms. The maximum absolute atomic E-state index is 11.2. The first-order valence-corrected chi connectivity index (χ1v) is 8.01. The number of nitrogens with zero attached hydrogens (tertiary/aromatic N) is 2. The van der Waals surface area contributed by atoms with Crippen LogP contribution < -0.4 is 11.1 Å². The van der Waals surface area contributed by atoms with Crippen molar-refractivity contribution in [2.45, 2.75) is 6.42 Å². The van der Waals surface area contributed by atoms with Crippen LogP contribution in [0.1, 0.15) is 15.9 Å². The van der Waals surface area contributed by atoms with Gasteiger partial charge in [0.15, 0.2) is 0 Å². The number of amides is 1. The van der Waals surface area contributed by atoms with Crippen LogP contribution in [0.2, 0.25) is 0 Å². The number of primary amides is 1. The smallest absolute Gasteiger partial charge is 0.248 e. The van der Waals surface area contributed by atoms with Crippen molar-refractivity contribution in [3.05, 3.63) is 65.7 Å². The van der Waals surface area contributed by atoms with Crippen molar-refractivity contribution in [1.82, 2.24) is 9.36 Å². The molecule has 116 valence electrons. The van der Waals surface area contributed by atoms with E-state index in [4.69, 9.17) is 5.73 Å². The predicted octanol–water partition coefficient (Wildman–Crippen LogP) is 2.96. The highest BCUT2D eigenvalue weighted by atomic mass is 32.1. The van der Waals surface area contributed by atoms with Gasteiger partial charge in [0.1, 0.15) is 5.01 Å². The van der Waals surface area contributed by atoms with Crippen molar-refractivity contribution >= 4 is 23.4 Å². The zero-order chi connectivity index (χ0) is 16.1. The summed E-state index contributed by atoms with van der Waals surface area (Å²) in [4.78, 5) is 15.7. The molecule has 3 rings (SSSR count). The minimum atomic E-state index is -0.447. The van der Waals surface area contributed by atoms with Crippen molar-refractivity contribution in [2.24, 2.45) is 5.73 Å². The van der Waals surface area contributed by atoms with E-state index < -0.39 is 5.91 Å². The number of hydrogen-bond donors (Lipinski definition) is 2. The van der Waals surface area contributed by atoms with E-state index in [9.17, 15) is 4.79 Å². The molecule has 0 unspecified atom stereocenters. The Kier molecular flexibility index (Phi) is 4.63. The lowest BCUT2D eigenvalue weighted by atomic mass is 10.1. The molecule has 0 saturated carbocycles. The van der Waals surface area contributed by atoms with Crippen LogP contribution in [0, 0.1) is 0 Å². The average molecular weight is 324 g/mol.